The van der Waals surface area contributed by atoms with Gasteiger partial charge >= 0.3 is 6.18 Å². The number of aromatic amines is 1. The fourth-order valence-corrected chi connectivity index (χ4v) is 2.63. The van der Waals surface area contributed by atoms with Crippen LogP contribution in [0.3, 0.4) is 0 Å². The molecule has 4 aromatic heterocycles. The molecular weight excluding hydrogens is 371 g/mol. The zero-order valence-electron chi connectivity index (χ0n) is 13.2. The van der Waals surface area contributed by atoms with Crippen LogP contribution in [0.4, 0.5) is 19.1 Å². The molecule has 0 amide bonds. The SMILES string of the molecule is CC(Nc1ncc2c(-c3ccc4ncc(Cl)n4n3)c[nH]c2n1)C(F)(F)F. The van der Waals surface area contributed by atoms with E-state index in [1.807, 2.05) is 0 Å². The Labute approximate surface area is 149 Å². The number of nitrogens with zero attached hydrogens (tertiary/aromatic N) is 5. The molecule has 0 aliphatic heterocycles. The zero-order valence-corrected chi connectivity index (χ0v) is 14.0. The first kappa shape index (κ1) is 16.6. The van der Waals surface area contributed by atoms with E-state index < -0.39 is 12.2 Å². The fraction of sp³-hybridized carbons (Fsp3) is 0.200. The van der Waals surface area contributed by atoms with E-state index in [1.54, 1.807) is 18.3 Å². The Balaban J connectivity index is 1.71. The maximum Gasteiger partial charge on any atom is 0.408 e. The van der Waals surface area contributed by atoms with Gasteiger partial charge in [-0.3, -0.25) is 0 Å². The van der Waals surface area contributed by atoms with E-state index in [1.165, 1.54) is 16.9 Å². The van der Waals surface area contributed by atoms with E-state index >= 15 is 0 Å². The van der Waals surface area contributed by atoms with Crippen molar-refractivity contribution < 1.29 is 13.2 Å². The van der Waals surface area contributed by atoms with Crippen LogP contribution in [-0.4, -0.2) is 41.8 Å². The monoisotopic (exact) mass is 381 g/mol. The molecule has 1 atom stereocenters. The van der Waals surface area contributed by atoms with E-state index in [4.69, 9.17) is 11.6 Å². The van der Waals surface area contributed by atoms with Gasteiger partial charge in [-0.05, 0) is 19.1 Å². The van der Waals surface area contributed by atoms with E-state index in [-0.39, 0.29) is 5.95 Å². The first-order chi connectivity index (χ1) is 12.3. The van der Waals surface area contributed by atoms with Crippen molar-refractivity contribution in [1.29, 1.82) is 0 Å². The number of alkyl halides is 3. The molecule has 134 valence electrons. The van der Waals surface area contributed by atoms with Crippen molar-refractivity contribution >= 4 is 34.2 Å². The highest BCUT2D eigenvalue weighted by Gasteiger charge is 2.36. The third-order valence-electron chi connectivity index (χ3n) is 3.87. The van der Waals surface area contributed by atoms with Crippen molar-refractivity contribution in [1.82, 2.24) is 29.5 Å². The zero-order chi connectivity index (χ0) is 18.5. The number of hydrogen-bond acceptors (Lipinski definition) is 5. The van der Waals surface area contributed by atoms with Crippen molar-refractivity contribution in [3.63, 3.8) is 0 Å². The molecule has 0 aliphatic carbocycles. The van der Waals surface area contributed by atoms with E-state index in [0.717, 1.165) is 6.92 Å². The summed E-state index contributed by atoms with van der Waals surface area (Å²) in [5.41, 5.74) is 2.28. The summed E-state index contributed by atoms with van der Waals surface area (Å²) in [6.07, 6.45) is 0.213. The number of nitrogens with one attached hydrogen (secondary N) is 2. The molecule has 0 radical (unpaired) electrons. The minimum absolute atomic E-state index is 0.114. The Morgan fingerprint density at radius 3 is 2.81 bits per heavy atom. The molecule has 0 fully saturated rings. The highest BCUT2D eigenvalue weighted by Crippen LogP contribution is 2.28. The summed E-state index contributed by atoms with van der Waals surface area (Å²) in [7, 11) is 0. The molecule has 26 heavy (non-hydrogen) atoms. The number of rotatable bonds is 3. The minimum atomic E-state index is -4.39. The number of aromatic nitrogens is 6. The van der Waals surface area contributed by atoms with Crippen LogP contribution < -0.4 is 5.32 Å². The minimum Gasteiger partial charge on any atom is -0.345 e. The Morgan fingerprint density at radius 2 is 2.04 bits per heavy atom. The lowest BCUT2D eigenvalue weighted by Crippen LogP contribution is -2.33. The number of H-pyrrole nitrogens is 1. The third-order valence-corrected chi connectivity index (χ3v) is 4.12. The summed E-state index contributed by atoms with van der Waals surface area (Å²) in [5.74, 6) is -0.114. The largest absolute Gasteiger partial charge is 0.408 e. The number of hydrogen-bond donors (Lipinski definition) is 2. The summed E-state index contributed by atoms with van der Waals surface area (Å²) >= 11 is 6.04. The van der Waals surface area contributed by atoms with Crippen LogP contribution >= 0.6 is 11.6 Å². The summed E-state index contributed by atoms with van der Waals surface area (Å²) in [4.78, 5) is 15.1. The fourth-order valence-electron chi connectivity index (χ4n) is 2.45. The summed E-state index contributed by atoms with van der Waals surface area (Å²) in [6, 6.07) is 1.76. The number of anilines is 1. The van der Waals surface area contributed by atoms with E-state index in [0.29, 0.717) is 33.1 Å². The van der Waals surface area contributed by atoms with Crippen LogP contribution in [0.25, 0.3) is 27.9 Å². The number of imidazole rings is 1. The van der Waals surface area contributed by atoms with Gasteiger partial charge in [0, 0.05) is 23.3 Å². The first-order valence-electron chi connectivity index (χ1n) is 7.51. The predicted molar refractivity (Wildman–Crippen MR) is 90.0 cm³/mol. The number of fused-ring (bicyclic) bond motifs is 2. The van der Waals surface area contributed by atoms with Crippen LogP contribution in [0.2, 0.25) is 5.15 Å². The predicted octanol–water partition coefficient (Wildman–Crippen LogP) is 3.68. The second-order valence-corrected chi connectivity index (χ2v) is 6.02. The lowest BCUT2D eigenvalue weighted by molar-refractivity contribution is -0.138. The second-order valence-electron chi connectivity index (χ2n) is 5.64. The smallest absolute Gasteiger partial charge is 0.345 e. The lowest BCUT2D eigenvalue weighted by atomic mass is 10.2. The van der Waals surface area contributed by atoms with Crippen LogP contribution in [0.5, 0.6) is 0 Å². The van der Waals surface area contributed by atoms with Crippen molar-refractivity contribution in [3.8, 4) is 11.3 Å². The first-order valence-corrected chi connectivity index (χ1v) is 7.89. The van der Waals surface area contributed by atoms with Crippen molar-refractivity contribution in [2.45, 2.75) is 19.1 Å². The third kappa shape index (κ3) is 2.81. The second kappa shape index (κ2) is 5.84. The summed E-state index contributed by atoms with van der Waals surface area (Å²) < 4.78 is 39.5. The lowest BCUT2D eigenvalue weighted by Gasteiger charge is -2.16. The van der Waals surface area contributed by atoms with Gasteiger partial charge in [0.15, 0.2) is 10.8 Å². The quantitative estimate of drug-likeness (QED) is 0.565. The molecule has 0 aliphatic rings. The van der Waals surface area contributed by atoms with Gasteiger partial charge in [0.05, 0.1) is 11.9 Å². The van der Waals surface area contributed by atoms with Gasteiger partial charge in [-0.25, -0.2) is 14.5 Å². The molecule has 4 aromatic rings. The molecule has 4 rings (SSSR count). The standard InChI is InChI=1S/C15H11ClF3N7/c1-7(15(17,18)19)23-14-22-5-9-8(4-21-13(9)24-14)10-2-3-12-20-6-11(16)26(12)25-10/h2-7H,1H3,(H2,21,22,23,24). The van der Waals surface area contributed by atoms with Gasteiger partial charge in [-0.1, -0.05) is 11.6 Å². The molecule has 0 saturated heterocycles. The van der Waals surface area contributed by atoms with E-state index in [2.05, 4.69) is 30.4 Å². The molecule has 0 saturated carbocycles. The van der Waals surface area contributed by atoms with Crippen molar-refractivity contribution in [3.05, 3.63) is 35.9 Å². The van der Waals surface area contributed by atoms with Crippen molar-refractivity contribution in [2.24, 2.45) is 0 Å². The molecule has 2 N–H and O–H groups in total. The average molecular weight is 382 g/mol. The van der Waals surface area contributed by atoms with Crippen molar-refractivity contribution in [2.75, 3.05) is 5.32 Å². The summed E-state index contributed by atoms with van der Waals surface area (Å²) in [6.45, 7) is 1.00. The Hall–Kier alpha value is -2.88. The van der Waals surface area contributed by atoms with E-state index in [9.17, 15) is 13.2 Å². The molecular formula is C15H11ClF3N7. The van der Waals surface area contributed by atoms with Gasteiger partial charge in [0.2, 0.25) is 5.95 Å². The normalized spacial score (nSPS) is 13.4. The van der Waals surface area contributed by atoms with Crippen LogP contribution in [0.1, 0.15) is 6.92 Å². The van der Waals surface area contributed by atoms with Gasteiger partial charge < -0.3 is 10.3 Å². The molecule has 1 unspecified atom stereocenters. The van der Waals surface area contributed by atoms with Crippen LogP contribution in [0, 0.1) is 0 Å². The molecule has 7 nitrogen and oxygen atoms in total. The topological polar surface area (TPSA) is 83.8 Å². The Morgan fingerprint density at radius 1 is 1.23 bits per heavy atom. The number of halogens is 4. The van der Waals surface area contributed by atoms with Crippen LogP contribution in [-0.2, 0) is 0 Å². The Bertz CT molecular complexity index is 1100. The van der Waals surface area contributed by atoms with Gasteiger partial charge in [0.1, 0.15) is 11.7 Å². The molecule has 0 spiro atoms. The average Bonchev–Trinajstić information content (AvgIpc) is 3.17. The van der Waals surface area contributed by atoms with Gasteiger partial charge in [0.25, 0.3) is 0 Å². The Kier molecular flexibility index (Phi) is 3.72. The maximum absolute atomic E-state index is 12.7. The highest BCUT2D eigenvalue weighted by molar-refractivity contribution is 6.29. The molecule has 0 bridgehead atoms. The maximum atomic E-state index is 12.7. The highest BCUT2D eigenvalue weighted by atomic mass is 35.5. The molecule has 4 heterocycles. The van der Waals surface area contributed by atoms with Gasteiger partial charge in [-0.15, -0.1) is 0 Å². The van der Waals surface area contributed by atoms with Gasteiger partial charge in [-0.2, -0.15) is 23.3 Å². The summed E-state index contributed by atoms with van der Waals surface area (Å²) in [5, 5.41) is 7.64. The molecule has 0 aromatic carbocycles. The van der Waals surface area contributed by atoms with Crippen LogP contribution in [0.15, 0.2) is 30.7 Å². The molecule has 11 heteroatoms.